The zero-order chi connectivity index (χ0) is 24.2. The summed E-state index contributed by atoms with van der Waals surface area (Å²) in [6, 6.07) is 14.3. The summed E-state index contributed by atoms with van der Waals surface area (Å²) in [5, 5.41) is 7.61. The number of fused-ring (bicyclic) bond motifs is 1. The second kappa shape index (κ2) is 9.84. The van der Waals surface area contributed by atoms with E-state index in [4.69, 9.17) is 4.74 Å². The zero-order valence-corrected chi connectivity index (χ0v) is 19.3. The number of aromatic amines is 1. The van der Waals surface area contributed by atoms with Gasteiger partial charge in [0, 0.05) is 10.9 Å². The van der Waals surface area contributed by atoms with Crippen LogP contribution in [0.1, 0.15) is 19.4 Å². The second-order valence-electron chi connectivity index (χ2n) is 7.59. The van der Waals surface area contributed by atoms with Crippen LogP contribution in [0, 0.1) is 0 Å². The summed E-state index contributed by atoms with van der Waals surface area (Å²) < 4.78 is 6.03. The maximum Gasteiger partial charge on any atom is 0.328 e. The highest BCUT2D eigenvalue weighted by Crippen LogP contribution is 2.25. The lowest BCUT2D eigenvalue weighted by Gasteiger charge is -2.13. The van der Waals surface area contributed by atoms with Crippen molar-refractivity contribution in [2.45, 2.75) is 32.9 Å². The standard InChI is InChI=1S/C24H22N4O5S/c1-3-15-8-10-16(11-9-15)19-13-34-24(25-19)26-21(30)14(2)33-20(29)12-28-23(32)18-7-5-4-6-17(18)22(31)27-28/h4-11,13-14H,3,12H2,1-2H3,(H,27,31)(H,25,26,30)/t14-/m0/s1. The lowest BCUT2D eigenvalue weighted by atomic mass is 10.1. The number of amides is 1. The van der Waals surface area contributed by atoms with Gasteiger partial charge in [0.1, 0.15) is 6.54 Å². The Labute approximate surface area is 198 Å². The molecule has 9 nitrogen and oxygen atoms in total. The Morgan fingerprint density at radius 1 is 1.12 bits per heavy atom. The molecule has 0 saturated heterocycles. The number of esters is 1. The van der Waals surface area contributed by atoms with Crippen molar-refractivity contribution in [3.05, 3.63) is 80.2 Å². The zero-order valence-electron chi connectivity index (χ0n) is 18.5. The number of carbonyl (C=O) groups is 2. The molecule has 10 heteroatoms. The van der Waals surface area contributed by atoms with Crippen LogP contribution in [0.4, 0.5) is 5.13 Å². The van der Waals surface area contributed by atoms with Gasteiger partial charge in [0.25, 0.3) is 17.0 Å². The Kier molecular flexibility index (Phi) is 6.69. The topological polar surface area (TPSA) is 123 Å². The van der Waals surface area contributed by atoms with Crippen LogP contribution in [0.3, 0.4) is 0 Å². The van der Waals surface area contributed by atoms with Gasteiger partial charge in [-0.2, -0.15) is 0 Å². The minimum absolute atomic E-state index is 0.189. The summed E-state index contributed by atoms with van der Waals surface area (Å²) in [4.78, 5) is 53.9. The highest BCUT2D eigenvalue weighted by Gasteiger charge is 2.20. The molecule has 0 aliphatic carbocycles. The monoisotopic (exact) mass is 478 g/mol. The van der Waals surface area contributed by atoms with Crippen LogP contribution in [-0.4, -0.2) is 32.7 Å². The average molecular weight is 479 g/mol. The molecule has 1 amide bonds. The van der Waals surface area contributed by atoms with Crippen molar-refractivity contribution < 1.29 is 14.3 Å². The number of benzene rings is 2. The van der Waals surface area contributed by atoms with E-state index in [1.807, 2.05) is 29.6 Å². The van der Waals surface area contributed by atoms with E-state index in [9.17, 15) is 19.2 Å². The third-order valence-electron chi connectivity index (χ3n) is 5.24. The molecule has 174 valence electrons. The fourth-order valence-electron chi connectivity index (χ4n) is 3.36. The number of carbonyl (C=O) groups excluding carboxylic acids is 2. The SMILES string of the molecule is CCc1ccc(-c2csc(NC(=O)[C@H](C)OC(=O)Cn3[nH]c(=O)c4ccccc4c3=O)n2)cc1. The number of hydrogen-bond donors (Lipinski definition) is 2. The molecular weight excluding hydrogens is 456 g/mol. The fourth-order valence-corrected chi connectivity index (χ4v) is 4.08. The lowest BCUT2D eigenvalue weighted by molar-refractivity contribution is -0.154. The van der Waals surface area contributed by atoms with Crippen molar-refractivity contribution in [2.24, 2.45) is 0 Å². The molecule has 2 N–H and O–H groups in total. The Morgan fingerprint density at radius 3 is 2.53 bits per heavy atom. The number of hydrogen-bond acceptors (Lipinski definition) is 7. The van der Waals surface area contributed by atoms with Gasteiger partial charge in [-0.05, 0) is 31.0 Å². The predicted octanol–water partition coefficient (Wildman–Crippen LogP) is 2.95. The van der Waals surface area contributed by atoms with Gasteiger partial charge in [-0.15, -0.1) is 11.3 Å². The molecule has 2 aromatic carbocycles. The van der Waals surface area contributed by atoms with Crippen LogP contribution in [0.5, 0.6) is 0 Å². The number of ether oxygens (including phenoxy) is 1. The molecule has 0 spiro atoms. The van der Waals surface area contributed by atoms with E-state index in [1.54, 1.807) is 12.1 Å². The predicted molar refractivity (Wildman–Crippen MR) is 130 cm³/mol. The normalized spacial score (nSPS) is 11.8. The highest BCUT2D eigenvalue weighted by atomic mass is 32.1. The van der Waals surface area contributed by atoms with Gasteiger partial charge < -0.3 is 4.74 Å². The molecule has 0 aliphatic heterocycles. The first kappa shape index (κ1) is 23.1. The van der Waals surface area contributed by atoms with E-state index in [1.165, 1.54) is 36.0 Å². The van der Waals surface area contributed by atoms with E-state index in [0.717, 1.165) is 22.4 Å². The third kappa shape index (κ3) is 4.96. The molecule has 0 saturated carbocycles. The van der Waals surface area contributed by atoms with Gasteiger partial charge in [0.15, 0.2) is 11.2 Å². The van der Waals surface area contributed by atoms with Gasteiger partial charge >= 0.3 is 5.97 Å². The summed E-state index contributed by atoms with van der Waals surface area (Å²) in [5.41, 5.74) is 1.85. The van der Waals surface area contributed by atoms with Crippen molar-refractivity contribution in [1.82, 2.24) is 14.8 Å². The minimum atomic E-state index is -1.13. The molecule has 0 radical (unpaired) electrons. The summed E-state index contributed by atoms with van der Waals surface area (Å²) in [5.74, 6) is -1.40. The lowest BCUT2D eigenvalue weighted by Crippen LogP contribution is -2.35. The molecule has 4 rings (SSSR count). The van der Waals surface area contributed by atoms with Crippen molar-refractivity contribution in [2.75, 3.05) is 5.32 Å². The summed E-state index contributed by atoms with van der Waals surface area (Å²) in [7, 11) is 0. The molecule has 0 unspecified atom stereocenters. The van der Waals surface area contributed by atoms with Crippen LogP contribution in [0.25, 0.3) is 22.0 Å². The maximum atomic E-state index is 12.5. The van der Waals surface area contributed by atoms with Crippen LogP contribution in [0.15, 0.2) is 63.5 Å². The number of H-pyrrole nitrogens is 1. The number of nitrogens with zero attached hydrogens (tertiary/aromatic N) is 2. The Bertz CT molecular complexity index is 1470. The molecule has 4 aromatic rings. The van der Waals surface area contributed by atoms with Gasteiger partial charge in [-0.1, -0.05) is 43.3 Å². The van der Waals surface area contributed by atoms with Gasteiger partial charge in [-0.25, -0.2) is 9.67 Å². The summed E-state index contributed by atoms with van der Waals surface area (Å²) >= 11 is 1.26. The Morgan fingerprint density at radius 2 is 1.82 bits per heavy atom. The summed E-state index contributed by atoms with van der Waals surface area (Å²) in [6.07, 6.45) is -0.188. The van der Waals surface area contributed by atoms with Gasteiger partial charge in [0.2, 0.25) is 0 Å². The van der Waals surface area contributed by atoms with E-state index in [-0.39, 0.29) is 10.8 Å². The van der Waals surface area contributed by atoms with Gasteiger partial charge in [0.05, 0.1) is 16.5 Å². The van der Waals surface area contributed by atoms with E-state index in [2.05, 4.69) is 22.3 Å². The first-order valence-corrected chi connectivity index (χ1v) is 11.5. The number of rotatable bonds is 7. The third-order valence-corrected chi connectivity index (χ3v) is 6.00. The number of aryl methyl sites for hydroxylation is 1. The molecule has 1 atom stereocenters. The molecule has 2 aromatic heterocycles. The van der Waals surface area contributed by atoms with E-state index < -0.39 is 35.6 Å². The molecule has 34 heavy (non-hydrogen) atoms. The van der Waals surface area contributed by atoms with Gasteiger partial charge in [-0.3, -0.25) is 29.6 Å². The Hall–Kier alpha value is -4.05. The van der Waals surface area contributed by atoms with Crippen LogP contribution in [-0.2, 0) is 27.3 Å². The molecular formula is C24H22N4O5S. The minimum Gasteiger partial charge on any atom is -0.451 e. The second-order valence-corrected chi connectivity index (χ2v) is 8.45. The van der Waals surface area contributed by atoms with Crippen molar-refractivity contribution in [1.29, 1.82) is 0 Å². The van der Waals surface area contributed by atoms with Crippen molar-refractivity contribution in [3.63, 3.8) is 0 Å². The van der Waals surface area contributed by atoms with E-state index >= 15 is 0 Å². The highest BCUT2D eigenvalue weighted by molar-refractivity contribution is 7.14. The van der Waals surface area contributed by atoms with Crippen molar-refractivity contribution >= 4 is 39.1 Å². The first-order chi connectivity index (χ1) is 16.4. The summed E-state index contributed by atoms with van der Waals surface area (Å²) in [6.45, 7) is 2.96. The quantitative estimate of drug-likeness (QED) is 0.394. The molecule has 0 bridgehead atoms. The molecule has 0 aliphatic rings. The Balaban J connectivity index is 1.38. The smallest absolute Gasteiger partial charge is 0.328 e. The van der Waals surface area contributed by atoms with Crippen LogP contribution >= 0.6 is 11.3 Å². The number of anilines is 1. The van der Waals surface area contributed by atoms with Crippen LogP contribution < -0.4 is 16.4 Å². The maximum absolute atomic E-state index is 12.5. The largest absolute Gasteiger partial charge is 0.451 e. The van der Waals surface area contributed by atoms with Crippen molar-refractivity contribution in [3.8, 4) is 11.3 Å². The number of nitrogens with one attached hydrogen (secondary N) is 2. The number of aromatic nitrogens is 3. The van der Waals surface area contributed by atoms with E-state index in [0.29, 0.717) is 5.13 Å². The fraction of sp³-hybridized carbons (Fsp3) is 0.208. The molecule has 2 heterocycles. The molecule has 0 fully saturated rings. The number of thiazole rings is 1. The van der Waals surface area contributed by atoms with Crippen LogP contribution in [0.2, 0.25) is 0 Å². The average Bonchev–Trinajstić information content (AvgIpc) is 3.30. The first-order valence-electron chi connectivity index (χ1n) is 10.6.